The van der Waals surface area contributed by atoms with Crippen molar-refractivity contribution < 1.29 is 14.6 Å². The Morgan fingerprint density at radius 2 is 1.63 bits per heavy atom. The van der Waals surface area contributed by atoms with Crippen molar-refractivity contribution >= 4 is 17.7 Å². The van der Waals surface area contributed by atoms with Crippen LogP contribution in [-0.2, 0) is 4.79 Å². The van der Waals surface area contributed by atoms with Crippen molar-refractivity contribution in [2.45, 2.75) is 18.8 Å². The fourth-order valence-corrected chi connectivity index (χ4v) is 3.75. The topological polar surface area (TPSA) is 58.9 Å². The average Bonchev–Trinajstić information content (AvgIpc) is 2.79. The van der Waals surface area contributed by atoms with Gasteiger partial charge >= 0.3 is 0 Å². The second kappa shape index (κ2) is 8.78. The normalized spacial score (nSPS) is 16.8. The van der Waals surface area contributed by atoms with Crippen molar-refractivity contribution in [2.24, 2.45) is 4.99 Å². The molecule has 0 spiro atoms. The number of carbonyl (C=O) groups is 1. The van der Waals surface area contributed by atoms with E-state index >= 15 is 0 Å². The highest BCUT2D eigenvalue weighted by Crippen LogP contribution is 2.35. The summed E-state index contributed by atoms with van der Waals surface area (Å²) in [7, 11) is 1.62. The molecule has 1 N–H and O–H groups in total. The van der Waals surface area contributed by atoms with Gasteiger partial charge in [0.1, 0.15) is 11.5 Å². The molecular formula is C26H23NO3. The van der Waals surface area contributed by atoms with Crippen LogP contribution in [-0.4, -0.2) is 24.2 Å². The Morgan fingerprint density at radius 1 is 0.933 bits per heavy atom. The van der Waals surface area contributed by atoms with Crippen LogP contribution in [0.3, 0.4) is 0 Å². The van der Waals surface area contributed by atoms with E-state index < -0.39 is 0 Å². The number of rotatable bonds is 5. The third kappa shape index (κ3) is 4.18. The summed E-state index contributed by atoms with van der Waals surface area (Å²) >= 11 is 0. The largest absolute Gasteiger partial charge is 0.511 e. The first kappa shape index (κ1) is 19.6. The van der Waals surface area contributed by atoms with Gasteiger partial charge in [-0.05, 0) is 35.2 Å². The number of carbonyl (C=O) groups excluding carboxylic acids is 1. The second-order valence-electron chi connectivity index (χ2n) is 7.30. The number of benzene rings is 3. The van der Waals surface area contributed by atoms with Crippen molar-refractivity contribution in [2.75, 3.05) is 7.11 Å². The van der Waals surface area contributed by atoms with E-state index in [0.29, 0.717) is 18.4 Å². The van der Waals surface area contributed by atoms with Gasteiger partial charge < -0.3 is 9.84 Å². The minimum absolute atomic E-state index is 0.0443. The summed E-state index contributed by atoms with van der Waals surface area (Å²) in [5.41, 5.74) is 4.10. The van der Waals surface area contributed by atoms with E-state index in [2.05, 4.69) is 4.99 Å². The van der Waals surface area contributed by atoms with Crippen LogP contribution in [0.1, 0.15) is 24.3 Å². The molecule has 1 aliphatic carbocycles. The number of aliphatic hydroxyl groups excluding tert-OH is 1. The van der Waals surface area contributed by atoms with Crippen LogP contribution in [0.5, 0.6) is 5.75 Å². The minimum Gasteiger partial charge on any atom is -0.511 e. The molecule has 4 rings (SSSR count). The van der Waals surface area contributed by atoms with Crippen molar-refractivity contribution in [3.63, 3.8) is 0 Å². The number of hydrogen-bond acceptors (Lipinski definition) is 4. The number of Topliss-reactive ketones (excluding diaryl/α,β-unsaturated/α-hetero) is 1. The highest BCUT2D eigenvalue weighted by atomic mass is 16.5. The van der Waals surface area contributed by atoms with Gasteiger partial charge in [0.2, 0.25) is 0 Å². The van der Waals surface area contributed by atoms with E-state index in [9.17, 15) is 9.90 Å². The van der Waals surface area contributed by atoms with Crippen molar-refractivity contribution in [3.8, 4) is 16.9 Å². The van der Waals surface area contributed by atoms with Crippen LogP contribution in [0, 0.1) is 0 Å². The van der Waals surface area contributed by atoms with E-state index in [1.165, 1.54) is 6.21 Å². The molecule has 1 unspecified atom stereocenters. The predicted octanol–water partition coefficient (Wildman–Crippen LogP) is 6.02. The molecule has 3 aromatic carbocycles. The van der Waals surface area contributed by atoms with E-state index in [4.69, 9.17) is 4.74 Å². The molecule has 0 saturated heterocycles. The molecule has 0 aromatic heterocycles. The monoisotopic (exact) mass is 397 g/mol. The Kier molecular flexibility index (Phi) is 5.75. The third-order valence-electron chi connectivity index (χ3n) is 5.39. The molecule has 4 heteroatoms. The summed E-state index contributed by atoms with van der Waals surface area (Å²) in [6.45, 7) is 0. The first-order valence-electron chi connectivity index (χ1n) is 9.93. The van der Waals surface area contributed by atoms with Crippen molar-refractivity contribution in [3.05, 3.63) is 95.8 Å². The number of para-hydroxylation sites is 1. The Morgan fingerprint density at radius 3 is 2.33 bits per heavy atom. The van der Waals surface area contributed by atoms with Crippen LogP contribution in [0.25, 0.3) is 11.1 Å². The number of aliphatic hydroxyl groups is 1. The van der Waals surface area contributed by atoms with Gasteiger partial charge in [0.25, 0.3) is 0 Å². The highest BCUT2D eigenvalue weighted by Gasteiger charge is 2.27. The zero-order chi connectivity index (χ0) is 20.9. The SMILES string of the molecule is COc1ccc(C2CC(=O)C(C=Nc3ccccc3-c3ccccc3)=C(O)C2)cc1. The van der Waals surface area contributed by atoms with E-state index in [1.807, 2.05) is 78.9 Å². The second-order valence-corrected chi connectivity index (χ2v) is 7.30. The Balaban J connectivity index is 1.58. The Labute approximate surface area is 176 Å². The first-order valence-corrected chi connectivity index (χ1v) is 9.93. The summed E-state index contributed by atoms with van der Waals surface area (Å²) in [4.78, 5) is 17.3. The van der Waals surface area contributed by atoms with E-state index in [1.54, 1.807) is 7.11 Å². The number of ether oxygens (including phenoxy) is 1. The van der Waals surface area contributed by atoms with Gasteiger partial charge in [0, 0.05) is 24.6 Å². The smallest absolute Gasteiger partial charge is 0.168 e. The maximum Gasteiger partial charge on any atom is 0.168 e. The summed E-state index contributed by atoms with van der Waals surface area (Å²) in [6.07, 6.45) is 2.27. The molecular weight excluding hydrogens is 374 g/mol. The van der Waals surface area contributed by atoms with Crippen molar-refractivity contribution in [1.29, 1.82) is 0 Å². The minimum atomic E-state index is -0.0967. The van der Waals surface area contributed by atoms with Gasteiger partial charge in [0.15, 0.2) is 5.78 Å². The van der Waals surface area contributed by atoms with Gasteiger partial charge in [0.05, 0.1) is 18.4 Å². The lowest BCUT2D eigenvalue weighted by molar-refractivity contribution is -0.116. The number of aliphatic imine (C=N–C) groups is 1. The fraction of sp³-hybridized carbons (Fsp3) is 0.154. The molecule has 0 heterocycles. The molecule has 0 fully saturated rings. The number of nitrogens with zero attached hydrogens (tertiary/aromatic N) is 1. The molecule has 0 saturated carbocycles. The molecule has 0 aliphatic heterocycles. The quantitative estimate of drug-likeness (QED) is 0.535. The van der Waals surface area contributed by atoms with Gasteiger partial charge in [-0.2, -0.15) is 0 Å². The summed E-state index contributed by atoms with van der Waals surface area (Å²) < 4.78 is 5.19. The van der Waals surface area contributed by atoms with Crippen molar-refractivity contribution in [1.82, 2.24) is 0 Å². The molecule has 30 heavy (non-hydrogen) atoms. The van der Waals surface area contributed by atoms with Gasteiger partial charge in [-0.3, -0.25) is 9.79 Å². The van der Waals surface area contributed by atoms with Crippen LogP contribution >= 0.6 is 0 Å². The van der Waals surface area contributed by atoms with Crippen LogP contribution in [0.2, 0.25) is 0 Å². The lowest BCUT2D eigenvalue weighted by Crippen LogP contribution is -2.19. The zero-order valence-electron chi connectivity index (χ0n) is 16.8. The molecule has 0 radical (unpaired) electrons. The van der Waals surface area contributed by atoms with Gasteiger partial charge in [-0.25, -0.2) is 0 Å². The van der Waals surface area contributed by atoms with E-state index in [-0.39, 0.29) is 17.5 Å². The van der Waals surface area contributed by atoms with Gasteiger partial charge in [-0.1, -0.05) is 60.7 Å². The molecule has 3 aromatic rings. The zero-order valence-corrected chi connectivity index (χ0v) is 16.8. The molecule has 1 atom stereocenters. The Hall–Kier alpha value is -3.66. The Bertz CT molecular complexity index is 1100. The molecule has 150 valence electrons. The standard InChI is InChI=1S/C26H23NO3/c1-30-21-13-11-18(12-14-21)20-15-25(28)23(26(29)16-20)17-27-24-10-6-5-9-22(24)19-7-3-2-4-8-19/h2-14,17,20,28H,15-16H2,1H3. The molecule has 0 bridgehead atoms. The average molecular weight is 397 g/mol. The van der Waals surface area contributed by atoms with Crippen LogP contribution in [0.4, 0.5) is 5.69 Å². The highest BCUT2D eigenvalue weighted by molar-refractivity contribution is 6.15. The summed E-state index contributed by atoms with van der Waals surface area (Å²) in [6, 6.07) is 25.4. The third-order valence-corrected chi connectivity index (χ3v) is 5.39. The predicted molar refractivity (Wildman–Crippen MR) is 120 cm³/mol. The number of methoxy groups -OCH3 is 1. The summed E-state index contributed by atoms with van der Waals surface area (Å²) in [5.74, 6) is 0.719. The maximum atomic E-state index is 12.8. The lowest BCUT2D eigenvalue weighted by Gasteiger charge is -2.22. The number of allylic oxidation sites excluding steroid dienone is 2. The number of hydrogen-bond donors (Lipinski definition) is 1. The fourth-order valence-electron chi connectivity index (χ4n) is 3.75. The number of ketones is 1. The molecule has 1 aliphatic rings. The van der Waals surface area contributed by atoms with E-state index in [0.717, 1.165) is 28.1 Å². The molecule has 4 nitrogen and oxygen atoms in total. The van der Waals surface area contributed by atoms with Crippen LogP contribution in [0.15, 0.2) is 95.2 Å². The van der Waals surface area contributed by atoms with Gasteiger partial charge in [-0.15, -0.1) is 0 Å². The lowest BCUT2D eigenvalue weighted by atomic mass is 9.83. The molecule has 0 amide bonds. The maximum absolute atomic E-state index is 12.8. The first-order chi connectivity index (χ1) is 14.7. The summed E-state index contributed by atoms with van der Waals surface area (Å²) in [5, 5.41) is 10.6. The van der Waals surface area contributed by atoms with Crippen LogP contribution < -0.4 is 4.74 Å².